The topological polar surface area (TPSA) is 121 Å². The van der Waals surface area contributed by atoms with E-state index in [1.54, 1.807) is 31.4 Å². The summed E-state index contributed by atoms with van der Waals surface area (Å²) in [4.78, 5) is 21.6. The van der Waals surface area contributed by atoms with Crippen LogP contribution in [0.5, 0.6) is 5.75 Å². The Labute approximate surface area is 221 Å². The minimum Gasteiger partial charge on any atom is -0.494 e. The summed E-state index contributed by atoms with van der Waals surface area (Å²) in [7, 11) is 5.15. The molecular weight excluding hydrogens is 484 g/mol. The molecule has 0 bridgehead atoms. The molecule has 1 aliphatic rings. The van der Waals surface area contributed by atoms with Gasteiger partial charge in [0.05, 0.1) is 41.8 Å². The first kappa shape index (κ1) is 25.4. The summed E-state index contributed by atoms with van der Waals surface area (Å²) in [6, 6.07) is 9.81. The Morgan fingerprint density at radius 2 is 1.89 bits per heavy atom. The highest BCUT2D eigenvalue weighted by Crippen LogP contribution is 2.38. The molecule has 3 aromatic heterocycles. The van der Waals surface area contributed by atoms with Gasteiger partial charge in [0.15, 0.2) is 23.2 Å². The van der Waals surface area contributed by atoms with Crippen molar-refractivity contribution >= 4 is 28.8 Å². The number of anilines is 4. The van der Waals surface area contributed by atoms with Crippen molar-refractivity contribution in [3.05, 3.63) is 54.1 Å². The van der Waals surface area contributed by atoms with Crippen molar-refractivity contribution in [2.24, 2.45) is 7.05 Å². The van der Waals surface area contributed by atoms with Gasteiger partial charge in [-0.15, -0.1) is 0 Å². The van der Waals surface area contributed by atoms with Gasteiger partial charge in [0.2, 0.25) is 0 Å². The number of methoxy groups -OCH3 is 2. The van der Waals surface area contributed by atoms with Crippen molar-refractivity contribution in [3.63, 3.8) is 0 Å². The van der Waals surface area contributed by atoms with Crippen LogP contribution in [0, 0.1) is 6.92 Å². The van der Waals surface area contributed by atoms with Crippen LogP contribution < -0.4 is 15.4 Å². The Hall–Kier alpha value is -4.25. The summed E-state index contributed by atoms with van der Waals surface area (Å²) in [5.74, 6) is 2.35. The summed E-state index contributed by atoms with van der Waals surface area (Å²) in [5.41, 5.74) is 3.58. The second kappa shape index (κ2) is 10.6. The molecule has 1 aromatic carbocycles. The Kier molecular flexibility index (Phi) is 7.10. The highest BCUT2D eigenvalue weighted by Gasteiger charge is 2.32. The van der Waals surface area contributed by atoms with Crippen molar-refractivity contribution in [2.75, 3.05) is 24.9 Å². The van der Waals surface area contributed by atoms with Gasteiger partial charge in [-0.25, -0.2) is 9.97 Å². The molecule has 5 rings (SSSR count). The zero-order valence-electron chi connectivity index (χ0n) is 22.2. The van der Waals surface area contributed by atoms with E-state index in [1.165, 1.54) is 0 Å². The van der Waals surface area contributed by atoms with Crippen LogP contribution in [0.2, 0.25) is 0 Å². The number of carbonyl (C=O) groups excluding carboxylic acids is 1. The predicted molar refractivity (Wildman–Crippen MR) is 144 cm³/mol. The van der Waals surface area contributed by atoms with Crippen LogP contribution in [0.25, 0.3) is 11.4 Å². The molecule has 4 aromatic rings. The number of hydrogen-bond donors (Lipinski definition) is 2. The highest BCUT2D eigenvalue weighted by atomic mass is 16.5. The summed E-state index contributed by atoms with van der Waals surface area (Å²) in [6.07, 6.45) is 5.78. The number of aryl methyl sites for hydroxylation is 2. The molecule has 0 saturated heterocycles. The van der Waals surface area contributed by atoms with Gasteiger partial charge in [0.1, 0.15) is 12.1 Å². The van der Waals surface area contributed by atoms with Crippen LogP contribution in [-0.4, -0.2) is 55.6 Å². The van der Waals surface area contributed by atoms with Crippen molar-refractivity contribution < 1.29 is 14.3 Å². The normalized spacial score (nSPS) is 16.7. The van der Waals surface area contributed by atoms with Gasteiger partial charge in [0.25, 0.3) is 0 Å². The van der Waals surface area contributed by atoms with Gasteiger partial charge in [-0.1, -0.05) is 13.0 Å². The number of nitrogens with zero attached hydrogens (tertiary/aromatic N) is 6. The fourth-order valence-corrected chi connectivity index (χ4v) is 4.66. The van der Waals surface area contributed by atoms with E-state index in [9.17, 15) is 4.79 Å². The molecule has 0 spiro atoms. The lowest BCUT2D eigenvalue weighted by molar-refractivity contribution is 0.00197. The maximum atomic E-state index is 12.8. The molecule has 198 valence electrons. The SMILES string of the molecule is CCC(=O)c1cnc(Nc2cc(C)n(C3CC(OC)C3)n2)cc1Nc1cccc(-c2ncn(C)n2)c1OC. The standard InChI is InChI=1S/C27H32N8O3/c1-6-23(36)20-14-28-24(31-25-10-16(2)35(32-25)17-11-18(12-17)37-4)13-22(20)30-21-9-7-8-19(26(21)38-5)27-29-15-34(3)33-27/h7-10,13-15,17-18H,6,11-12H2,1-5H3,(H2,28,30,31,32). The smallest absolute Gasteiger partial charge is 0.184 e. The second-order valence-electron chi connectivity index (χ2n) is 9.37. The Morgan fingerprint density at radius 1 is 1.08 bits per heavy atom. The van der Waals surface area contributed by atoms with Crippen molar-refractivity contribution in [3.8, 4) is 17.1 Å². The van der Waals surface area contributed by atoms with Crippen molar-refractivity contribution in [2.45, 2.75) is 45.3 Å². The number of rotatable bonds is 10. The fraction of sp³-hybridized carbons (Fsp3) is 0.370. The number of hydrogen-bond acceptors (Lipinski definition) is 9. The van der Waals surface area contributed by atoms with Crippen LogP contribution in [0.1, 0.15) is 48.3 Å². The predicted octanol–water partition coefficient (Wildman–Crippen LogP) is 4.82. The third-order valence-electron chi connectivity index (χ3n) is 6.78. The van der Waals surface area contributed by atoms with E-state index >= 15 is 0 Å². The first-order chi connectivity index (χ1) is 18.4. The maximum absolute atomic E-state index is 12.8. The molecule has 0 amide bonds. The van der Waals surface area contributed by atoms with Crippen molar-refractivity contribution in [1.82, 2.24) is 29.5 Å². The van der Waals surface area contributed by atoms with Crippen LogP contribution in [-0.2, 0) is 11.8 Å². The largest absolute Gasteiger partial charge is 0.494 e. The summed E-state index contributed by atoms with van der Waals surface area (Å²) in [5, 5.41) is 15.8. The third kappa shape index (κ3) is 4.97. The zero-order chi connectivity index (χ0) is 26.8. The number of Topliss-reactive ketones (excluding diaryl/α,β-unsaturated/α-hetero) is 1. The minimum absolute atomic E-state index is 0.0223. The van der Waals surface area contributed by atoms with E-state index in [2.05, 4.69) is 25.7 Å². The monoisotopic (exact) mass is 516 g/mol. The number of ether oxygens (including phenoxy) is 2. The van der Waals surface area contributed by atoms with Gasteiger partial charge in [-0.3, -0.25) is 14.2 Å². The van der Waals surface area contributed by atoms with Gasteiger partial charge < -0.3 is 20.1 Å². The van der Waals surface area contributed by atoms with Crippen molar-refractivity contribution in [1.29, 1.82) is 0 Å². The second-order valence-corrected chi connectivity index (χ2v) is 9.37. The maximum Gasteiger partial charge on any atom is 0.184 e. The summed E-state index contributed by atoms with van der Waals surface area (Å²) < 4.78 is 14.8. The molecule has 38 heavy (non-hydrogen) atoms. The average molecular weight is 517 g/mol. The molecule has 3 heterocycles. The van der Waals surface area contributed by atoms with E-state index < -0.39 is 0 Å². The fourth-order valence-electron chi connectivity index (χ4n) is 4.66. The zero-order valence-corrected chi connectivity index (χ0v) is 22.2. The lowest BCUT2D eigenvalue weighted by Gasteiger charge is -2.34. The molecule has 0 atom stereocenters. The number of benzene rings is 1. The van der Waals surface area contributed by atoms with E-state index in [-0.39, 0.29) is 5.78 Å². The Balaban J connectivity index is 1.44. The van der Waals surface area contributed by atoms with E-state index in [1.807, 2.05) is 55.9 Å². The molecule has 11 nitrogen and oxygen atoms in total. The molecule has 0 aliphatic heterocycles. The number of nitrogens with one attached hydrogen (secondary N) is 2. The summed E-state index contributed by atoms with van der Waals surface area (Å²) >= 11 is 0. The molecule has 1 fully saturated rings. The lowest BCUT2D eigenvalue weighted by Crippen LogP contribution is -2.33. The first-order valence-corrected chi connectivity index (χ1v) is 12.6. The molecule has 11 heteroatoms. The quantitative estimate of drug-likeness (QED) is 0.286. The molecular formula is C27H32N8O3. The molecule has 2 N–H and O–H groups in total. The third-order valence-corrected chi connectivity index (χ3v) is 6.78. The van der Waals surface area contributed by atoms with Gasteiger partial charge >= 0.3 is 0 Å². The number of carbonyl (C=O) groups is 1. The Bertz CT molecular complexity index is 1450. The molecule has 0 unspecified atom stereocenters. The van der Waals surface area contributed by atoms with Gasteiger partial charge in [0, 0.05) is 44.6 Å². The number of aromatic nitrogens is 6. The minimum atomic E-state index is -0.0223. The molecule has 1 saturated carbocycles. The molecule has 0 radical (unpaired) electrons. The number of pyridine rings is 1. The number of para-hydroxylation sites is 1. The summed E-state index contributed by atoms with van der Waals surface area (Å²) in [6.45, 7) is 3.87. The van der Waals surface area contributed by atoms with E-state index in [0.29, 0.717) is 58.7 Å². The number of ketones is 1. The van der Waals surface area contributed by atoms with E-state index in [0.717, 1.165) is 24.1 Å². The van der Waals surface area contributed by atoms with Crippen LogP contribution in [0.4, 0.5) is 23.0 Å². The molecule has 1 aliphatic carbocycles. The van der Waals surface area contributed by atoms with E-state index in [4.69, 9.17) is 14.6 Å². The van der Waals surface area contributed by atoms with Gasteiger partial charge in [-0.05, 0) is 31.9 Å². The first-order valence-electron chi connectivity index (χ1n) is 12.6. The lowest BCUT2D eigenvalue weighted by atomic mass is 9.89. The average Bonchev–Trinajstić information content (AvgIpc) is 3.48. The van der Waals surface area contributed by atoms with Crippen LogP contribution in [0.3, 0.4) is 0 Å². The van der Waals surface area contributed by atoms with Crippen LogP contribution >= 0.6 is 0 Å². The van der Waals surface area contributed by atoms with Gasteiger partial charge in [-0.2, -0.15) is 10.2 Å². The highest BCUT2D eigenvalue weighted by molar-refractivity contribution is 6.02. The van der Waals surface area contributed by atoms with Crippen LogP contribution in [0.15, 0.2) is 42.9 Å². The Morgan fingerprint density at radius 3 is 2.58 bits per heavy atom.